The predicted octanol–water partition coefficient (Wildman–Crippen LogP) is 3.34. The molecule has 5 heteroatoms. The summed E-state index contributed by atoms with van der Waals surface area (Å²) in [6.07, 6.45) is 4.85. The first-order valence-electron chi connectivity index (χ1n) is 7.90. The molecule has 1 aliphatic heterocycles. The minimum absolute atomic E-state index is 0.709. The van der Waals surface area contributed by atoms with Gasteiger partial charge >= 0.3 is 0 Å². The quantitative estimate of drug-likeness (QED) is 0.728. The van der Waals surface area contributed by atoms with Crippen LogP contribution >= 0.6 is 0 Å². The molecule has 0 N–H and O–H groups in total. The molecule has 0 saturated heterocycles. The van der Waals surface area contributed by atoms with E-state index >= 15 is 0 Å². The van der Waals surface area contributed by atoms with Gasteiger partial charge in [-0.05, 0) is 38.6 Å². The summed E-state index contributed by atoms with van der Waals surface area (Å²) < 4.78 is 7.50. The van der Waals surface area contributed by atoms with Gasteiger partial charge < -0.3 is 14.0 Å². The maximum atomic E-state index is 5.19. The molecule has 0 spiro atoms. The molecule has 0 fully saturated rings. The number of nitrogens with zero attached hydrogens (tertiary/aromatic N) is 4. The van der Waals surface area contributed by atoms with Crippen molar-refractivity contribution in [2.24, 2.45) is 0 Å². The van der Waals surface area contributed by atoms with Gasteiger partial charge in [-0.25, -0.2) is 0 Å². The zero-order valence-electron chi connectivity index (χ0n) is 13.7. The first-order chi connectivity index (χ1) is 11.1. The van der Waals surface area contributed by atoms with Crippen LogP contribution in [-0.4, -0.2) is 33.4 Å². The second-order valence-corrected chi connectivity index (χ2v) is 6.40. The van der Waals surface area contributed by atoms with Crippen molar-refractivity contribution in [3.63, 3.8) is 0 Å². The number of aryl methyl sites for hydroxylation is 1. The molecule has 0 unspecified atom stereocenters. The summed E-state index contributed by atoms with van der Waals surface area (Å²) >= 11 is 0. The van der Waals surface area contributed by atoms with Crippen LogP contribution in [0.25, 0.3) is 22.7 Å². The van der Waals surface area contributed by atoms with E-state index in [9.17, 15) is 0 Å². The molecule has 0 atom stereocenters. The summed E-state index contributed by atoms with van der Waals surface area (Å²) in [5.41, 5.74) is 6.41. The van der Waals surface area contributed by atoms with Gasteiger partial charge in [0.2, 0.25) is 0 Å². The SMILES string of the molecule is C/C(=C\n1c2c(c3cc(C)ccc31)CN(C)CC2)c1cnno1. The van der Waals surface area contributed by atoms with Gasteiger partial charge in [0, 0.05) is 47.6 Å². The van der Waals surface area contributed by atoms with Gasteiger partial charge in [0.1, 0.15) is 0 Å². The molecule has 1 aromatic carbocycles. The maximum Gasteiger partial charge on any atom is 0.184 e. The molecule has 3 heterocycles. The molecule has 0 aliphatic carbocycles. The highest BCUT2D eigenvalue weighted by molar-refractivity contribution is 5.90. The Morgan fingerprint density at radius 1 is 1.35 bits per heavy atom. The van der Waals surface area contributed by atoms with E-state index in [2.05, 4.69) is 58.2 Å². The van der Waals surface area contributed by atoms with E-state index < -0.39 is 0 Å². The number of rotatable bonds is 2. The first-order valence-corrected chi connectivity index (χ1v) is 7.90. The number of benzene rings is 1. The van der Waals surface area contributed by atoms with Crippen molar-refractivity contribution in [3.05, 3.63) is 47.0 Å². The van der Waals surface area contributed by atoms with Crippen LogP contribution in [0.2, 0.25) is 0 Å². The van der Waals surface area contributed by atoms with E-state index in [0.717, 1.165) is 25.1 Å². The van der Waals surface area contributed by atoms with Gasteiger partial charge in [0.25, 0.3) is 0 Å². The van der Waals surface area contributed by atoms with E-state index in [-0.39, 0.29) is 0 Å². The van der Waals surface area contributed by atoms with Crippen LogP contribution in [0, 0.1) is 6.92 Å². The number of allylic oxidation sites excluding steroid dienone is 1. The van der Waals surface area contributed by atoms with Crippen LogP contribution in [-0.2, 0) is 13.0 Å². The molecule has 0 amide bonds. The van der Waals surface area contributed by atoms with Gasteiger partial charge in [-0.15, -0.1) is 5.10 Å². The topological polar surface area (TPSA) is 47.1 Å². The number of aromatic nitrogens is 3. The van der Waals surface area contributed by atoms with Crippen molar-refractivity contribution in [2.45, 2.75) is 26.8 Å². The lowest BCUT2D eigenvalue weighted by atomic mass is 10.0. The summed E-state index contributed by atoms with van der Waals surface area (Å²) in [5, 5.41) is 8.69. The molecule has 0 radical (unpaired) electrons. The Bertz CT molecular complexity index is 890. The molecule has 1 aliphatic rings. The predicted molar refractivity (Wildman–Crippen MR) is 90.9 cm³/mol. The third kappa shape index (κ3) is 2.37. The van der Waals surface area contributed by atoms with Crippen molar-refractivity contribution in [2.75, 3.05) is 13.6 Å². The Morgan fingerprint density at radius 2 is 2.22 bits per heavy atom. The second kappa shape index (κ2) is 5.35. The molecule has 0 saturated carbocycles. The van der Waals surface area contributed by atoms with Crippen LogP contribution in [0.5, 0.6) is 0 Å². The Morgan fingerprint density at radius 3 is 3.00 bits per heavy atom. The highest BCUT2D eigenvalue weighted by Gasteiger charge is 2.22. The smallest absolute Gasteiger partial charge is 0.184 e. The van der Waals surface area contributed by atoms with Crippen LogP contribution in [0.1, 0.15) is 29.5 Å². The molecule has 3 aromatic rings. The highest BCUT2D eigenvalue weighted by Crippen LogP contribution is 2.32. The fourth-order valence-corrected chi connectivity index (χ4v) is 3.39. The molecular weight excluding hydrogens is 288 g/mol. The van der Waals surface area contributed by atoms with E-state index in [1.54, 1.807) is 6.20 Å². The molecule has 118 valence electrons. The Labute approximate surface area is 135 Å². The van der Waals surface area contributed by atoms with Crippen LogP contribution in [0.15, 0.2) is 28.9 Å². The van der Waals surface area contributed by atoms with E-state index in [4.69, 9.17) is 4.52 Å². The monoisotopic (exact) mass is 308 g/mol. The molecule has 23 heavy (non-hydrogen) atoms. The van der Waals surface area contributed by atoms with Crippen LogP contribution < -0.4 is 0 Å². The van der Waals surface area contributed by atoms with Gasteiger partial charge in [0.15, 0.2) is 5.76 Å². The van der Waals surface area contributed by atoms with Crippen molar-refractivity contribution in [1.82, 2.24) is 19.8 Å². The summed E-state index contributed by atoms with van der Waals surface area (Å²) in [7, 11) is 2.18. The summed E-state index contributed by atoms with van der Waals surface area (Å²) in [6, 6.07) is 6.68. The first kappa shape index (κ1) is 14.2. The molecule has 2 aromatic heterocycles. The van der Waals surface area contributed by atoms with Crippen LogP contribution in [0.4, 0.5) is 0 Å². The number of fused-ring (bicyclic) bond motifs is 3. The zero-order valence-corrected chi connectivity index (χ0v) is 13.7. The van der Waals surface area contributed by atoms with Crippen molar-refractivity contribution >= 4 is 22.7 Å². The Hall–Kier alpha value is -2.40. The largest absolute Gasteiger partial charge is 0.337 e. The van der Waals surface area contributed by atoms with E-state index in [1.807, 2.05) is 6.92 Å². The van der Waals surface area contributed by atoms with E-state index in [1.165, 1.54) is 27.7 Å². The van der Waals surface area contributed by atoms with Gasteiger partial charge in [-0.3, -0.25) is 0 Å². The molecule has 0 bridgehead atoms. The van der Waals surface area contributed by atoms with Gasteiger partial charge in [-0.2, -0.15) is 0 Å². The summed E-state index contributed by atoms with van der Waals surface area (Å²) in [5.74, 6) is 0.709. The maximum absolute atomic E-state index is 5.19. The second-order valence-electron chi connectivity index (χ2n) is 6.40. The minimum atomic E-state index is 0.709. The highest BCUT2D eigenvalue weighted by atomic mass is 16.5. The number of hydrogen-bond donors (Lipinski definition) is 0. The minimum Gasteiger partial charge on any atom is -0.337 e. The fourth-order valence-electron chi connectivity index (χ4n) is 3.39. The Balaban J connectivity index is 1.94. The van der Waals surface area contributed by atoms with Gasteiger partial charge in [-0.1, -0.05) is 11.6 Å². The normalized spacial score (nSPS) is 16.0. The standard InChI is InChI=1S/C18H20N4O/c1-12-4-5-16-14(8-12)15-11-21(3)7-6-17(15)22(16)10-13(2)18-9-19-20-23-18/h4-5,8-10H,6-7,11H2,1-3H3/b13-10+. The van der Waals surface area contributed by atoms with Crippen LogP contribution in [0.3, 0.4) is 0 Å². The Kier molecular flexibility index (Phi) is 3.31. The lowest BCUT2D eigenvalue weighted by Crippen LogP contribution is -2.26. The van der Waals surface area contributed by atoms with Gasteiger partial charge in [0.05, 0.1) is 11.7 Å². The van der Waals surface area contributed by atoms with Crippen molar-refractivity contribution in [3.8, 4) is 0 Å². The number of hydrogen-bond acceptors (Lipinski definition) is 4. The third-order valence-corrected chi connectivity index (χ3v) is 4.61. The average molecular weight is 308 g/mol. The number of likely N-dealkylation sites (N-methyl/N-ethyl adjacent to an activating group) is 1. The summed E-state index contributed by atoms with van der Waals surface area (Å²) in [4.78, 5) is 2.38. The third-order valence-electron chi connectivity index (χ3n) is 4.61. The lowest BCUT2D eigenvalue weighted by molar-refractivity contribution is 0.312. The molecule has 5 nitrogen and oxygen atoms in total. The fraction of sp³-hybridized carbons (Fsp3) is 0.333. The van der Waals surface area contributed by atoms with Crippen molar-refractivity contribution < 1.29 is 4.52 Å². The lowest BCUT2D eigenvalue weighted by Gasteiger charge is -2.23. The zero-order chi connectivity index (χ0) is 16.0. The average Bonchev–Trinajstić information content (AvgIpc) is 3.15. The van der Waals surface area contributed by atoms with E-state index in [0.29, 0.717) is 5.76 Å². The summed E-state index contributed by atoms with van der Waals surface area (Å²) in [6.45, 7) is 6.26. The molecular formula is C18H20N4O. The van der Waals surface area contributed by atoms with Crippen molar-refractivity contribution in [1.29, 1.82) is 0 Å². The molecule has 4 rings (SSSR count).